The molecule has 2 aliphatic heterocycles. The Hall–Kier alpha value is -3.15. The van der Waals surface area contributed by atoms with E-state index in [2.05, 4.69) is 5.32 Å². The van der Waals surface area contributed by atoms with E-state index in [1.54, 1.807) is 28.0 Å². The smallest absolute Gasteiger partial charge is 0.255 e. The molecule has 0 aromatic heterocycles. The molecule has 0 bridgehead atoms. The van der Waals surface area contributed by atoms with Gasteiger partial charge in [0.15, 0.2) is 0 Å². The largest absolute Gasteiger partial charge is 0.320 e. The molecule has 2 saturated heterocycles. The normalized spacial score (nSPS) is 17.1. The molecule has 2 aromatic carbocycles. The summed E-state index contributed by atoms with van der Waals surface area (Å²) in [6.45, 7) is 1.39. The number of carbonyl (C=O) groups is 3. The van der Waals surface area contributed by atoms with Crippen molar-refractivity contribution in [2.75, 3.05) is 28.2 Å². The van der Waals surface area contributed by atoms with Crippen LogP contribution in [0.5, 0.6) is 0 Å². The van der Waals surface area contributed by atoms with Gasteiger partial charge in [0.2, 0.25) is 11.8 Å². The van der Waals surface area contributed by atoms with E-state index in [9.17, 15) is 14.4 Å². The SMILES string of the molecule is O=C(Nc1ccccc1N1CCCC1=O)c1ccc(N2CCCCC2=O)cc1. The quantitative estimate of drug-likeness (QED) is 0.885. The summed E-state index contributed by atoms with van der Waals surface area (Å²) in [4.78, 5) is 40.4. The van der Waals surface area contributed by atoms with Gasteiger partial charge in [0.25, 0.3) is 5.91 Å². The van der Waals surface area contributed by atoms with Crippen LogP contribution < -0.4 is 15.1 Å². The number of nitrogens with zero attached hydrogens (tertiary/aromatic N) is 2. The molecule has 6 heteroatoms. The predicted molar refractivity (Wildman–Crippen MR) is 109 cm³/mol. The second-order valence-corrected chi connectivity index (χ2v) is 7.17. The summed E-state index contributed by atoms with van der Waals surface area (Å²) in [5.41, 5.74) is 2.69. The second kappa shape index (κ2) is 7.84. The van der Waals surface area contributed by atoms with Gasteiger partial charge in [0.1, 0.15) is 0 Å². The molecule has 4 rings (SSSR count). The van der Waals surface area contributed by atoms with Gasteiger partial charge in [-0.05, 0) is 55.7 Å². The van der Waals surface area contributed by atoms with Crippen molar-refractivity contribution in [3.8, 4) is 0 Å². The van der Waals surface area contributed by atoms with Gasteiger partial charge in [-0.25, -0.2) is 0 Å². The van der Waals surface area contributed by atoms with E-state index in [-0.39, 0.29) is 17.7 Å². The number of hydrogen-bond donors (Lipinski definition) is 1. The summed E-state index contributed by atoms with van der Waals surface area (Å²) >= 11 is 0. The minimum atomic E-state index is -0.240. The summed E-state index contributed by atoms with van der Waals surface area (Å²) in [5.74, 6) is -0.0273. The Bertz CT molecular complexity index is 907. The second-order valence-electron chi connectivity index (χ2n) is 7.17. The van der Waals surface area contributed by atoms with E-state index in [1.807, 2.05) is 30.3 Å². The van der Waals surface area contributed by atoms with Crippen LogP contribution in [0, 0.1) is 0 Å². The first-order valence-electron chi connectivity index (χ1n) is 9.75. The maximum atomic E-state index is 12.7. The van der Waals surface area contributed by atoms with Crippen molar-refractivity contribution in [2.24, 2.45) is 0 Å². The number of anilines is 3. The van der Waals surface area contributed by atoms with Crippen molar-refractivity contribution >= 4 is 34.8 Å². The van der Waals surface area contributed by atoms with Crippen LogP contribution in [0.2, 0.25) is 0 Å². The van der Waals surface area contributed by atoms with Crippen molar-refractivity contribution < 1.29 is 14.4 Å². The molecule has 2 heterocycles. The summed E-state index contributed by atoms with van der Waals surface area (Å²) in [6, 6.07) is 14.4. The molecule has 2 aromatic rings. The molecule has 2 fully saturated rings. The lowest BCUT2D eigenvalue weighted by atomic mass is 10.1. The van der Waals surface area contributed by atoms with Crippen LogP contribution in [0.1, 0.15) is 42.5 Å². The maximum absolute atomic E-state index is 12.7. The number of carbonyl (C=O) groups excluding carboxylic acids is 3. The Labute approximate surface area is 164 Å². The monoisotopic (exact) mass is 377 g/mol. The molecule has 0 aliphatic carbocycles. The molecule has 28 heavy (non-hydrogen) atoms. The first-order valence-corrected chi connectivity index (χ1v) is 9.75. The van der Waals surface area contributed by atoms with E-state index < -0.39 is 0 Å². The average Bonchev–Trinajstić information content (AvgIpc) is 3.15. The molecule has 0 unspecified atom stereocenters. The average molecular weight is 377 g/mol. The van der Waals surface area contributed by atoms with Crippen LogP contribution in [0.15, 0.2) is 48.5 Å². The fourth-order valence-corrected chi connectivity index (χ4v) is 3.78. The number of benzene rings is 2. The van der Waals surface area contributed by atoms with Crippen LogP contribution in [-0.4, -0.2) is 30.8 Å². The third kappa shape index (κ3) is 3.63. The van der Waals surface area contributed by atoms with E-state index >= 15 is 0 Å². The lowest BCUT2D eigenvalue weighted by Gasteiger charge is -2.26. The zero-order valence-corrected chi connectivity index (χ0v) is 15.7. The van der Waals surface area contributed by atoms with Crippen LogP contribution in [-0.2, 0) is 9.59 Å². The highest BCUT2D eigenvalue weighted by molar-refractivity contribution is 6.08. The number of rotatable bonds is 4. The molecule has 0 spiro atoms. The van der Waals surface area contributed by atoms with E-state index in [0.717, 1.165) is 37.2 Å². The lowest BCUT2D eigenvalue weighted by molar-refractivity contribution is -0.119. The Balaban J connectivity index is 1.50. The van der Waals surface area contributed by atoms with Gasteiger partial charge in [0, 0.05) is 37.2 Å². The topological polar surface area (TPSA) is 69.7 Å². The fourth-order valence-electron chi connectivity index (χ4n) is 3.78. The van der Waals surface area contributed by atoms with Crippen molar-refractivity contribution in [3.05, 3.63) is 54.1 Å². The number of nitrogens with one attached hydrogen (secondary N) is 1. The Morgan fingerprint density at radius 3 is 2.18 bits per heavy atom. The Kier molecular flexibility index (Phi) is 5.10. The minimum Gasteiger partial charge on any atom is -0.320 e. The molecular weight excluding hydrogens is 354 g/mol. The molecule has 3 amide bonds. The third-order valence-corrected chi connectivity index (χ3v) is 5.28. The lowest BCUT2D eigenvalue weighted by Crippen LogP contribution is -2.35. The maximum Gasteiger partial charge on any atom is 0.255 e. The molecule has 6 nitrogen and oxygen atoms in total. The summed E-state index contributed by atoms with van der Waals surface area (Å²) in [6.07, 6.45) is 3.89. The molecule has 1 N–H and O–H groups in total. The van der Waals surface area contributed by atoms with E-state index in [0.29, 0.717) is 30.6 Å². The van der Waals surface area contributed by atoms with Gasteiger partial charge >= 0.3 is 0 Å². The van der Waals surface area contributed by atoms with Crippen molar-refractivity contribution in [2.45, 2.75) is 32.1 Å². The number of para-hydroxylation sites is 2. The first kappa shape index (κ1) is 18.2. The van der Waals surface area contributed by atoms with Gasteiger partial charge in [-0.1, -0.05) is 12.1 Å². The highest BCUT2D eigenvalue weighted by Gasteiger charge is 2.24. The number of hydrogen-bond acceptors (Lipinski definition) is 3. The predicted octanol–water partition coefficient (Wildman–Crippen LogP) is 3.58. The highest BCUT2D eigenvalue weighted by Crippen LogP contribution is 2.30. The fraction of sp³-hybridized carbons (Fsp3) is 0.318. The number of amides is 3. The summed E-state index contributed by atoms with van der Waals surface area (Å²) in [7, 11) is 0. The zero-order chi connectivity index (χ0) is 19.5. The summed E-state index contributed by atoms with van der Waals surface area (Å²) < 4.78 is 0. The Morgan fingerprint density at radius 2 is 1.46 bits per heavy atom. The molecular formula is C22H23N3O3. The highest BCUT2D eigenvalue weighted by atomic mass is 16.2. The van der Waals surface area contributed by atoms with Crippen LogP contribution >= 0.6 is 0 Å². The molecule has 0 saturated carbocycles. The van der Waals surface area contributed by atoms with Crippen LogP contribution in [0.25, 0.3) is 0 Å². The first-order chi connectivity index (χ1) is 13.6. The number of piperidine rings is 1. The van der Waals surface area contributed by atoms with Crippen molar-refractivity contribution in [3.63, 3.8) is 0 Å². The van der Waals surface area contributed by atoms with Crippen molar-refractivity contribution in [1.82, 2.24) is 0 Å². The van der Waals surface area contributed by atoms with E-state index in [4.69, 9.17) is 0 Å². The van der Waals surface area contributed by atoms with Crippen molar-refractivity contribution in [1.29, 1.82) is 0 Å². The molecule has 2 aliphatic rings. The Morgan fingerprint density at radius 1 is 0.786 bits per heavy atom. The standard InChI is InChI=1S/C22H23N3O3/c26-20-8-3-4-14-24(20)17-12-10-16(11-13-17)22(28)23-18-6-1-2-7-19(18)25-15-5-9-21(25)27/h1-2,6-7,10-13H,3-5,8-9,14-15H2,(H,23,28). The molecule has 0 atom stereocenters. The van der Waals surface area contributed by atoms with Crippen LogP contribution in [0.3, 0.4) is 0 Å². The summed E-state index contributed by atoms with van der Waals surface area (Å²) in [5, 5.41) is 2.92. The van der Waals surface area contributed by atoms with Crippen LogP contribution in [0.4, 0.5) is 17.1 Å². The molecule has 144 valence electrons. The third-order valence-electron chi connectivity index (χ3n) is 5.28. The van der Waals surface area contributed by atoms with Gasteiger partial charge < -0.3 is 15.1 Å². The molecule has 0 radical (unpaired) electrons. The van der Waals surface area contributed by atoms with Gasteiger partial charge in [-0.3, -0.25) is 14.4 Å². The van der Waals surface area contributed by atoms with Gasteiger partial charge in [0.05, 0.1) is 11.4 Å². The van der Waals surface area contributed by atoms with E-state index in [1.165, 1.54) is 0 Å². The minimum absolute atomic E-state index is 0.0808. The van der Waals surface area contributed by atoms with Gasteiger partial charge in [-0.15, -0.1) is 0 Å². The van der Waals surface area contributed by atoms with Gasteiger partial charge in [-0.2, -0.15) is 0 Å². The zero-order valence-electron chi connectivity index (χ0n) is 15.7.